The number of fused-ring (bicyclic) bond motifs is 2. The Bertz CT molecular complexity index is 841. The van der Waals surface area contributed by atoms with Gasteiger partial charge in [-0.2, -0.15) is 0 Å². The Kier molecular flexibility index (Phi) is 9.42. The third-order valence-corrected chi connectivity index (χ3v) is 3.24. The van der Waals surface area contributed by atoms with E-state index >= 15 is 0 Å². The number of hydrogen-bond donors (Lipinski definition) is 0. The molecule has 3 rings (SSSR count). The zero-order chi connectivity index (χ0) is 20.7. The van der Waals surface area contributed by atoms with E-state index in [0.29, 0.717) is 17.8 Å². The molecule has 1 aromatic heterocycles. The molecule has 0 N–H and O–H groups in total. The lowest BCUT2D eigenvalue weighted by molar-refractivity contribution is -0.107. The summed E-state index contributed by atoms with van der Waals surface area (Å²) in [6, 6.07) is 7.58. The fourth-order valence-corrected chi connectivity index (χ4v) is 1.71. The summed E-state index contributed by atoms with van der Waals surface area (Å²) in [5, 5.41) is 0. The minimum absolute atomic E-state index is 0.0470. The van der Waals surface area contributed by atoms with E-state index < -0.39 is 7.59 Å². The van der Waals surface area contributed by atoms with Gasteiger partial charge in [0.2, 0.25) is 7.59 Å². The van der Waals surface area contributed by atoms with Crippen molar-refractivity contribution in [1.29, 1.82) is 0 Å². The van der Waals surface area contributed by atoms with E-state index in [4.69, 9.17) is 69.6 Å². The van der Waals surface area contributed by atoms with Crippen molar-refractivity contribution in [3.8, 4) is 0 Å². The van der Waals surface area contributed by atoms with Crippen LogP contribution in [0.5, 0.6) is 0 Å². The number of halogens is 6. The number of benzene rings is 1. The second-order valence-corrected chi connectivity index (χ2v) is 9.53. The molecular formula is C16H10Cl6N2O3. The number of ketones is 1. The van der Waals surface area contributed by atoms with Gasteiger partial charge >= 0.3 is 0 Å². The Morgan fingerprint density at radius 2 is 1.30 bits per heavy atom. The van der Waals surface area contributed by atoms with Gasteiger partial charge < -0.3 is 0 Å². The summed E-state index contributed by atoms with van der Waals surface area (Å²) in [6.45, 7) is 0. The summed E-state index contributed by atoms with van der Waals surface area (Å²) in [6.07, 6.45) is 4.58. The lowest BCUT2D eigenvalue weighted by Gasteiger charge is -2.08. The maximum absolute atomic E-state index is 11.6. The number of aldehydes is 2. The fraction of sp³-hybridized carbons (Fsp3) is 0.188. The molecule has 0 saturated heterocycles. The first-order valence-corrected chi connectivity index (χ1v) is 9.26. The standard InChI is InChI=1S/C12H8N2O.2C2HCl3O/c15-11-7-3-6-10-12(11)14-9-5-2-1-4-8(9)13-10;2*3-2(4,5)1-6/h1-6H,7H2;2*1H. The molecule has 2 aromatic rings. The van der Waals surface area contributed by atoms with Crippen LogP contribution in [0, 0.1) is 0 Å². The van der Waals surface area contributed by atoms with E-state index in [1.54, 1.807) is 0 Å². The van der Waals surface area contributed by atoms with E-state index in [2.05, 4.69) is 9.97 Å². The van der Waals surface area contributed by atoms with Crippen molar-refractivity contribution < 1.29 is 14.4 Å². The van der Waals surface area contributed by atoms with Crippen molar-refractivity contribution in [1.82, 2.24) is 9.97 Å². The topological polar surface area (TPSA) is 77.0 Å². The SMILES string of the molecule is O=C1CC=Cc2nc3ccccc3nc21.O=CC(Cl)(Cl)Cl.O=CC(Cl)(Cl)Cl. The monoisotopic (exact) mass is 488 g/mol. The first-order chi connectivity index (χ1) is 12.5. The number of aromatic nitrogens is 2. The molecule has 11 heteroatoms. The zero-order valence-electron chi connectivity index (χ0n) is 13.2. The summed E-state index contributed by atoms with van der Waals surface area (Å²) in [5.74, 6) is 0.0470. The van der Waals surface area contributed by atoms with Crippen LogP contribution in [0.15, 0.2) is 30.3 Å². The smallest absolute Gasteiger partial charge is 0.245 e. The molecule has 0 spiro atoms. The first-order valence-electron chi connectivity index (χ1n) is 6.99. The Morgan fingerprint density at radius 3 is 1.74 bits per heavy atom. The van der Waals surface area contributed by atoms with Gasteiger partial charge in [0.15, 0.2) is 18.4 Å². The summed E-state index contributed by atoms with van der Waals surface area (Å²) >= 11 is 29.3. The number of carbonyl (C=O) groups is 3. The van der Waals surface area contributed by atoms with Crippen molar-refractivity contribution in [2.45, 2.75) is 14.0 Å². The normalized spacial score (nSPS) is 12.9. The highest BCUT2D eigenvalue weighted by atomic mass is 35.6. The number of nitrogens with zero attached hydrogens (tertiary/aromatic N) is 2. The van der Waals surface area contributed by atoms with Crippen LogP contribution in [0.3, 0.4) is 0 Å². The molecule has 0 amide bonds. The average molecular weight is 491 g/mol. The minimum Gasteiger partial charge on any atom is -0.299 e. The summed E-state index contributed by atoms with van der Waals surface area (Å²) < 4.78 is -3.44. The number of para-hydroxylation sites is 2. The van der Waals surface area contributed by atoms with Crippen LogP contribution in [-0.4, -0.2) is 35.9 Å². The van der Waals surface area contributed by atoms with E-state index in [0.717, 1.165) is 11.0 Å². The number of allylic oxidation sites excluding steroid dienone is 1. The van der Waals surface area contributed by atoms with Gasteiger partial charge in [-0.25, -0.2) is 9.97 Å². The van der Waals surface area contributed by atoms with Gasteiger partial charge in [0, 0.05) is 6.42 Å². The van der Waals surface area contributed by atoms with Crippen LogP contribution < -0.4 is 0 Å². The van der Waals surface area contributed by atoms with Gasteiger partial charge in [0.25, 0.3) is 0 Å². The van der Waals surface area contributed by atoms with Crippen LogP contribution in [-0.2, 0) is 9.59 Å². The number of carbonyl (C=O) groups excluding carboxylic acids is 3. The molecule has 0 bridgehead atoms. The second kappa shape index (κ2) is 10.6. The Balaban J connectivity index is 0.000000256. The van der Waals surface area contributed by atoms with E-state index in [-0.39, 0.29) is 18.4 Å². The van der Waals surface area contributed by atoms with Crippen molar-refractivity contribution >= 4 is 105 Å². The highest BCUT2D eigenvalue weighted by Crippen LogP contribution is 2.22. The molecule has 5 nitrogen and oxygen atoms in total. The molecule has 0 unspecified atom stereocenters. The van der Waals surface area contributed by atoms with Crippen LogP contribution in [0.1, 0.15) is 22.6 Å². The zero-order valence-corrected chi connectivity index (χ0v) is 17.7. The molecule has 0 atom stereocenters. The van der Waals surface area contributed by atoms with E-state index in [1.165, 1.54) is 0 Å². The van der Waals surface area contributed by atoms with Crippen LogP contribution >= 0.6 is 69.6 Å². The molecule has 27 heavy (non-hydrogen) atoms. The molecule has 1 aliphatic carbocycles. The van der Waals surface area contributed by atoms with Crippen LogP contribution in [0.4, 0.5) is 0 Å². The quantitative estimate of drug-likeness (QED) is 0.368. The van der Waals surface area contributed by atoms with E-state index in [9.17, 15) is 14.4 Å². The Hall–Kier alpha value is -0.950. The highest BCUT2D eigenvalue weighted by Gasteiger charge is 2.17. The maximum Gasteiger partial charge on any atom is 0.245 e. The predicted molar refractivity (Wildman–Crippen MR) is 110 cm³/mol. The van der Waals surface area contributed by atoms with Gasteiger partial charge in [-0.05, 0) is 18.2 Å². The second-order valence-electron chi connectivity index (χ2n) is 4.79. The molecular weight excluding hydrogens is 481 g/mol. The Labute approximate surface area is 184 Å². The van der Waals surface area contributed by atoms with Gasteiger partial charge in [-0.1, -0.05) is 87.8 Å². The molecule has 0 radical (unpaired) electrons. The van der Waals surface area contributed by atoms with Gasteiger partial charge in [-0.3, -0.25) is 14.4 Å². The summed E-state index contributed by atoms with van der Waals surface area (Å²) in [7, 11) is 0. The summed E-state index contributed by atoms with van der Waals surface area (Å²) in [4.78, 5) is 39.2. The lowest BCUT2D eigenvalue weighted by atomic mass is 10.1. The lowest BCUT2D eigenvalue weighted by Crippen LogP contribution is -2.09. The minimum atomic E-state index is -1.72. The maximum atomic E-state index is 11.6. The molecule has 144 valence electrons. The predicted octanol–water partition coefficient (Wildman–Crippen LogP) is 5.34. The third kappa shape index (κ3) is 9.19. The molecule has 0 aliphatic heterocycles. The molecule has 1 aliphatic rings. The molecule has 1 aromatic carbocycles. The van der Waals surface area contributed by atoms with Crippen molar-refractivity contribution in [3.63, 3.8) is 0 Å². The summed E-state index contributed by atoms with van der Waals surface area (Å²) in [5.41, 5.74) is 2.79. The molecule has 0 fully saturated rings. The van der Waals surface area contributed by atoms with Crippen molar-refractivity contribution in [2.24, 2.45) is 0 Å². The average Bonchev–Trinajstić information content (AvgIpc) is 2.60. The van der Waals surface area contributed by atoms with Gasteiger partial charge in [-0.15, -0.1) is 0 Å². The number of alkyl halides is 6. The third-order valence-electron chi connectivity index (χ3n) is 2.71. The molecule has 1 heterocycles. The van der Waals surface area contributed by atoms with Crippen molar-refractivity contribution in [2.75, 3.05) is 0 Å². The van der Waals surface area contributed by atoms with E-state index in [1.807, 2.05) is 36.4 Å². The van der Waals surface area contributed by atoms with Crippen LogP contribution in [0.2, 0.25) is 0 Å². The largest absolute Gasteiger partial charge is 0.299 e. The number of hydrogen-bond acceptors (Lipinski definition) is 5. The van der Waals surface area contributed by atoms with Gasteiger partial charge in [0.1, 0.15) is 5.69 Å². The first kappa shape index (κ1) is 24.1. The number of Topliss-reactive ketones (excluding diaryl/α,β-unsaturated/α-hetero) is 1. The van der Waals surface area contributed by atoms with Gasteiger partial charge in [0.05, 0.1) is 16.7 Å². The highest BCUT2D eigenvalue weighted by molar-refractivity contribution is 6.74. The van der Waals surface area contributed by atoms with Crippen molar-refractivity contribution in [3.05, 3.63) is 41.7 Å². The van der Waals surface area contributed by atoms with Crippen LogP contribution in [0.25, 0.3) is 17.1 Å². The number of rotatable bonds is 0. The fourth-order valence-electron chi connectivity index (χ4n) is 1.71. The molecule has 0 saturated carbocycles. The Morgan fingerprint density at radius 1 is 0.852 bits per heavy atom.